The standard InChI is InChI=1S/C24H32N2O3.C2H2O4/c1-4-26(18-19-8-6-5-7-9-19)24(27)21-12-14-25(15-13-21)17-20-10-11-22(28-2)23(16-20)29-3;3-1(4)2(5)6/h5-11,16,21H,4,12-15,17-18H2,1-3H3;(H,3,4)(H,5,6). The van der Waals surface area contributed by atoms with Gasteiger partial charge in [0.1, 0.15) is 0 Å². The van der Waals surface area contributed by atoms with E-state index in [-0.39, 0.29) is 5.92 Å². The molecule has 1 heterocycles. The zero-order valence-electron chi connectivity index (χ0n) is 20.5. The number of carboxylic acids is 2. The molecule has 2 aromatic carbocycles. The molecule has 3 rings (SSSR count). The van der Waals surface area contributed by atoms with Gasteiger partial charge in [-0.15, -0.1) is 0 Å². The van der Waals surface area contributed by atoms with Gasteiger partial charge in [0.2, 0.25) is 5.91 Å². The Hall–Kier alpha value is -3.59. The normalized spacial score (nSPS) is 13.8. The van der Waals surface area contributed by atoms with Crippen molar-refractivity contribution in [3.63, 3.8) is 0 Å². The summed E-state index contributed by atoms with van der Waals surface area (Å²) in [4.78, 5) is 35.6. The largest absolute Gasteiger partial charge is 0.493 e. The van der Waals surface area contributed by atoms with Gasteiger partial charge < -0.3 is 24.6 Å². The lowest BCUT2D eigenvalue weighted by molar-refractivity contribution is -0.159. The first-order chi connectivity index (χ1) is 16.8. The highest BCUT2D eigenvalue weighted by Gasteiger charge is 2.28. The van der Waals surface area contributed by atoms with Gasteiger partial charge in [-0.2, -0.15) is 0 Å². The van der Waals surface area contributed by atoms with Gasteiger partial charge in [0.15, 0.2) is 11.5 Å². The first-order valence-electron chi connectivity index (χ1n) is 11.5. The van der Waals surface area contributed by atoms with Crippen LogP contribution < -0.4 is 9.47 Å². The molecule has 35 heavy (non-hydrogen) atoms. The van der Waals surface area contributed by atoms with E-state index < -0.39 is 11.9 Å². The number of likely N-dealkylation sites (tertiary alicyclic amines) is 1. The molecule has 0 atom stereocenters. The van der Waals surface area contributed by atoms with Gasteiger partial charge in [-0.05, 0) is 56.1 Å². The van der Waals surface area contributed by atoms with Crippen LogP contribution >= 0.6 is 0 Å². The summed E-state index contributed by atoms with van der Waals surface area (Å²) in [6.45, 7) is 6.25. The third-order valence-corrected chi connectivity index (χ3v) is 5.88. The molecule has 190 valence electrons. The average Bonchev–Trinajstić information content (AvgIpc) is 2.88. The Balaban J connectivity index is 0.000000641. The second kappa shape index (κ2) is 14.0. The second-order valence-corrected chi connectivity index (χ2v) is 8.19. The van der Waals surface area contributed by atoms with Crippen LogP contribution in [0.5, 0.6) is 11.5 Å². The molecule has 0 radical (unpaired) electrons. The summed E-state index contributed by atoms with van der Waals surface area (Å²) in [7, 11) is 3.31. The van der Waals surface area contributed by atoms with E-state index in [1.807, 2.05) is 35.2 Å². The molecule has 2 aromatic rings. The maximum atomic E-state index is 13.0. The number of carboxylic acid groups (broad SMARTS) is 2. The lowest BCUT2D eigenvalue weighted by atomic mass is 9.94. The van der Waals surface area contributed by atoms with Crippen molar-refractivity contribution in [1.29, 1.82) is 0 Å². The topological polar surface area (TPSA) is 117 Å². The Kier molecular flexibility index (Phi) is 11.0. The molecule has 0 aromatic heterocycles. The summed E-state index contributed by atoms with van der Waals surface area (Å²) in [6.07, 6.45) is 1.83. The van der Waals surface area contributed by atoms with Gasteiger partial charge in [-0.3, -0.25) is 9.69 Å². The molecule has 1 aliphatic rings. The highest BCUT2D eigenvalue weighted by atomic mass is 16.5. The summed E-state index contributed by atoms with van der Waals surface area (Å²) in [6, 6.07) is 16.3. The van der Waals surface area contributed by atoms with Crippen LogP contribution in [0.4, 0.5) is 0 Å². The Morgan fingerprint density at radius 3 is 2.03 bits per heavy atom. The maximum absolute atomic E-state index is 13.0. The first kappa shape index (κ1) is 27.7. The number of rotatable bonds is 8. The van der Waals surface area contributed by atoms with Gasteiger partial charge in [-0.1, -0.05) is 36.4 Å². The fourth-order valence-electron chi connectivity index (χ4n) is 3.98. The Morgan fingerprint density at radius 1 is 0.914 bits per heavy atom. The third kappa shape index (κ3) is 8.60. The quantitative estimate of drug-likeness (QED) is 0.547. The first-order valence-corrected chi connectivity index (χ1v) is 11.5. The molecular weight excluding hydrogens is 452 g/mol. The van der Waals surface area contributed by atoms with Crippen molar-refractivity contribution in [2.24, 2.45) is 5.92 Å². The molecule has 0 spiro atoms. The van der Waals surface area contributed by atoms with E-state index in [2.05, 4.69) is 30.0 Å². The van der Waals surface area contributed by atoms with Gasteiger partial charge in [0, 0.05) is 25.6 Å². The molecule has 1 saturated heterocycles. The molecule has 0 unspecified atom stereocenters. The monoisotopic (exact) mass is 486 g/mol. The van der Waals surface area contributed by atoms with Gasteiger partial charge in [-0.25, -0.2) is 9.59 Å². The van der Waals surface area contributed by atoms with E-state index in [9.17, 15) is 4.79 Å². The van der Waals surface area contributed by atoms with Crippen LogP contribution in [0.15, 0.2) is 48.5 Å². The lowest BCUT2D eigenvalue weighted by Crippen LogP contribution is -2.42. The Bertz CT molecular complexity index is 961. The van der Waals surface area contributed by atoms with Crippen molar-refractivity contribution in [3.8, 4) is 11.5 Å². The highest BCUT2D eigenvalue weighted by Crippen LogP contribution is 2.29. The number of amides is 1. The van der Waals surface area contributed by atoms with Crippen LogP contribution in [0, 0.1) is 5.92 Å². The number of carbonyl (C=O) groups excluding carboxylic acids is 1. The predicted molar refractivity (Wildman–Crippen MR) is 130 cm³/mol. The van der Waals surface area contributed by atoms with Crippen molar-refractivity contribution in [2.45, 2.75) is 32.9 Å². The van der Waals surface area contributed by atoms with Crippen molar-refractivity contribution in [2.75, 3.05) is 33.9 Å². The molecule has 2 N–H and O–H groups in total. The third-order valence-electron chi connectivity index (χ3n) is 5.88. The number of ether oxygens (including phenoxy) is 2. The summed E-state index contributed by atoms with van der Waals surface area (Å²) in [5.74, 6) is -1.72. The number of nitrogens with zero attached hydrogens (tertiary/aromatic N) is 2. The van der Waals surface area contributed by atoms with E-state index in [4.69, 9.17) is 29.3 Å². The molecule has 0 bridgehead atoms. The SMILES string of the molecule is CCN(Cc1ccccc1)C(=O)C1CCN(Cc2ccc(OC)c(OC)c2)CC1.O=C(O)C(=O)O. The zero-order chi connectivity index (χ0) is 25.8. The van der Waals surface area contributed by atoms with Crippen LogP contribution in [-0.2, 0) is 27.5 Å². The maximum Gasteiger partial charge on any atom is 0.414 e. The number of piperidine rings is 1. The zero-order valence-corrected chi connectivity index (χ0v) is 20.5. The number of aliphatic carboxylic acids is 2. The minimum absolute atomic E-state index is 0.125. The van der Waals surface area contributed by atoms with E-state index in [0.29, 0.717) is 12.5 Å². The van der Waals surface area contributed by atoms with Crippen LogP contribution in [0.2, 0.25) is 0 Å². The van der Waals surface area contributed by atoms with Crippen molar-refractivity contribution >= 4 is 17.8 Å². The molecule has 9 nitrogen and oxygen atoms in total. The van der Waals surface area contributed by atoms with Crippen LogP contribution in [0.1, 0.15) is 30.9 Å². The van der Waals surface area contributed by atoms with Gasteiger partial charge in [0.25, 0.3) is 0 Å². The molecule has 0 saturated carbocycles. The molecule has 0 aliphatic carbocycles. The molecule has 1 fully saturated rings. The molecule has 9 heteroatoms. The number of carbonyl (C=O) groups is 3. The minimum atomic E-state index is -1.82. The van der Waals surface area contributed by atoms with E-state index in [1.54, 1.807) is 14.2 Å². The van der Waals surface area contributed by atoms with Gasteiger partial charge in [0.05, 0.1) is 14.2 Å². The van der Waals surface area contributed by atoms with Crippen molar-refractivity contribution in [1.82, 2.24) is 9.80 Å². The number of benzene rings is 2. The van der Waals surface area contributed by atoms with Crippen LogP contribution in [0.25, 0.3) is 0 Å². The Morgan fingerprint density at radius 2 is 1.51 bits per heavy atom. The summed E-state index contributed by atoms with van der Waals surface area (Å²) < 4.78 is 10.7. The number of hydrogen-bond donors (Lipinski definition) is 2. The van der Waals surface area contributed by atoms with Gasteiger partial charge >= 0.3 is 11.9 Å². The van der Waals surface area contributed by atoms with E-state index in [0.717, 1.165) is 50.5 Å². The average molecular weight is 487 g/mol. The second-order valence-electron chi connectivity index (χ2n) is 8.19. The molecule has 1 amide bonds. The number of hydrogen-bond acceptors (Lipinski definition) is 6. The fourth-order valence-corrected chi connectivity index (χ4v) is 3.98. The summed E-state index contributed by atoms with van der Waals surface area (Å²) in [5.41, 5.74) is 2.39. The predicted octanol–water partition coefficient (Wildman–Crippen LogP) is 3.12. The van der Waals surface area contributed by atoms with Crippen molar-refractivity contribution in [3.05, 3.63) is 59.7 Å². The van der Waals surface area contributed by atoms with Crippen LogP contribution in [-0.4, -0.2) is 71.7 Å². The molecule has 1 aliphatic heterocycles. The smallest absolute Gasteiger partial charge is 0.414 e. The Labute approximate surface area is 205 Å². The minimum Gasteiger partial charge on any atom is -0.493 e. The molecular formula is C26H34N2O7. The highest BCUT2D eigenvalue weighted by molar-refractivity contribution is 6.27. The van der Waals surface area contributed by atoms with E-state index in [1.165, 1.54) is 11.1 Å². The summed E-state index contributed by atoms with van der Waals surface area (Å²) in [5, 5.41) is 14.8. The number of methoxy groups -OCH3 is 2. The van der Waals surface area contributed by atoms with E-state index >= 15 is 0 Å². The van der Waals surface area contributed by atoms with Crippen molar-refractivity contribution < 1.29 is 34.1 Å². The lowest BCUT2D eigenvalue weighted by Gasteiger charge is -2.34. The fraction of sp³-hybridized carbons (Fsp3) is 0.423. The van der Waals surface area contributed by atoms with Crippen LogP contribution in [0.3, 0.4) is 0 Å². The summed E-state index contributed by atoms with van der Waals surface area (Å²) >= 11 is 0.